The van der Waals surface area contributed by atoms with E-state index in [0.29, 0.717) is 12.0 Å². The van der Waals surface area contributed by atoms with Crippen molar-refractivity contribution in [3.05, 3.63) is 24.3 Å². The lowest BCUT2D eigenvalue weighted by molar-refractivity contribution is -0.192. The van der Waals surface area contributed by atoms with Crippen molar-refractivity contribution >= 4 is 5.78 Å². The van der Waals surface area contributed by atoms with Crippen molar-refractivity contribution in [2.75, 3.05) is 0 Å². The van der Waals surface area contributed by atoms with Gasteiger partial charge in [-0.2, -0.15) is 0 Å². The minimum Gasteiger partial charge on any atom is -0.363 e. The van der Waals surface area contributed by atoms with Crippen molar-refractivity contribution in [2.45, 2.75) is 31.0 Å². The molecule has 1 heterocycles. The van der Waals surface area contributed by atoms with Gasteiger partial charge in [0.2, 0.25) is 0 Å². The number of carbonyl (C=O) groups excluding carboxylic acids is 1. The molecule has 1 saturated heterocycles. The van der Waals surface area contributed by atoms with Gasteiger partial charge in [-0.3, -0.25) is 4.79 Å². The molecule has 0 N–H and O–H groups in total. The van der Waals surface area contributed by atoms with E-state index in [2.05, 4.69) is 0 Å². The molecule has 2 nitrogen and oxygen atoms in total. The molecule has 0 aromatic rings. The summed E-state index contributed by atoms with van der Waals surface area (Å²) in [6, 6.07) is 0. The molecule has 1 aliphatic heterocycles. The van der Waals surface area contributed by atoms with Crippen LogP contribution < -0.4 is 0 Å². The number of ether oxygens (including phenoxy) is 1. The highest BCUT2D eigenvalue weighted by atomic mass is 16.5. The molecule has 0 amide bonds. The van der Waals surface area contributed by atoms with Crippen LogP contribution in [0.1, 0.15) is 19.3 Å². The predicted octanol–water partition coefficient (Wildman–Crippen LogP) is 1.62. The Morgan fingerprint density at radius 2 is 2.08 bits per heavy atom. The summed E-state index contributed by atoms with van der Waals surface area (Å²) in [5, 5.41) is 0. The number of hydrogen-bond acceptors (Lipinski definition) is 2. The second-order valence-corrected chi connectivity index (χ2v) is 4.12. The number of rotatable bonds is 0. The van der Waals surface area contributed by atoms with Crippen LogP contribution in [0.25, 0.3) is 0 Å². The van der Waals surface area contributed by atoms with Crippen LogP contribution in [0.4, 0.5) is 0 Å². The summed E-state index contributed by atoms with van der Waals surface area (Å²) in [6.07, 6.45) is 11.3. The molecule has 68 valence electrons. The Hall–Kier alpha value is -0.890. The van der Waals surface area contributed by atoms with Gasteiger partial charge in [-0.15, -0.1) is 0 Å². The monoisotopic (exact) mass is 176 g/mol. The van der Waals surface area contributed by atoms with Crippen molar-refractivity contribution in [1.82, 2.24) is 0 Å². The zero-order valence-corrected chi connectivity index (χ0v) is 7.40. The van der Waals surface area contributed by atoms with E-state index in [1.807, 2.05) is 12.2 Å². The zero-order valence-electron chi connectivity index (χ0n) is 7.40. The molecule has 1 spiro atoms. The van der Waals surface area contributed by atoms with Gasteiger partial charge in [-0.25, -0.2) is 0 Å². The molecule has 1 saturated carbocycles. The fraction of sp³-hybridized carbons (Fsp3) is 0.545. The molecule has 0 aromatic carbocycles. The molecule has 2 heteroatoms. The second kappa shape index (κ2) is 2.32. The van der Waals surface area contributed by atoms with Gasteiger partial charge in [0.1, 0.15) is 5.60 Å². The average molecular weight is 176 g/mol. The Bertz CT molecular complexity index is 298. The molecule has 2 aliphatic carbocycles. The van der Waals surface area contributed by atoms with Gasteiger partial charge in [0.25, 0.3) is 0 Å². The van der Waals surface area contributed by atoms with Crippen molar-refractivity contribution in [2.24, 2.45) is 5.92 Å². The predicted molar refractivity (Wildman–Crippen MR) is 48.2 cm³/mol. The van der Waals surface area contributed by atoms with Crippen LogP contribution in [0.5, 0.6) is 0 Å². The molecule has 3 rings (SSSR count). The molecule has 13 heavy (non-hydrogen) atoms. The van der Waals surface area contributed by atoms with Crippen LogP contribution in [0.15, 0.2) is 24.3 Å². The maximum absolute atomic E-state index is 11.0. The maximum atomic E-state index is 11.0. The molecule has 0 unspecified atom stereocenters. The quantitative estimate of drug-likeness (QED) is 0.560. The standard InChI is InChI=1S/C11H12O2/c12-8-4-6-11(7-5-8)9-2-1-3-10(9)13-11/h4-7,9-10H,1-3H2/t9-,10+/m0/s1. The summed E-state index contributed by atoms with van der Waals surface area (Å²) >= 11 is 0. The third-order valence-corrected chi connectivity index (χ3v) is 3.40. The molecule has 0 radical (unpaired) electrons. The van der Waals surface area contributed by atoms with Crippen molar-refractivity contribution < 1.29 is 9.53 Å². The third kappa shape index (κ3) is 0.894. The lowest BCUT2D eigenvalue weighted by atomic mass is 9.76. The Labute approximate surface area is 77.3 Å². The normalized spacial score (nSPS) is 39.2. The molecular formula is C11H12O2. The SMILES string of the molecule is O=C1C=CC2(C=C1)O[C@@H]1CCC[C@@H]12. The summed E-state index contributed by atoms with van der Waals surface area (Å²) in [6.45, 7) is 0. The van der Waals surface area contributed by atoms with E-state index in [-0.39, 0.29) is 11.4 Å². The Balaban J connectivity index is 1.89. The topological polar surface area (TPSA) is 26.3 Å². The van der Waals surface area contributed by atoms with Crippen LogP contribution >= 0.6 is 0 Å². The minimum atomic E-state index is -0.199. The van der Waals surface area contributed by atoms with Gasteiger partial charge in [0.05, 0.1) is 6.10 Å². The van der Waals surface area contributed by atoms with Gasteiger partial charge < -0.3 is 4.74 Å². The van der Waals surface area contributed by atoms with Crippen LogP contribution in [-0.2, 0) is 9.53 Å². The third-order valence-electron chi connectivity index (χ3n) is 3.40. The van der Waals surface area contributed by atoms with E-state index in [0.717, 1.165) is 0 Å². The summed E-state index contributed by atoms with van der Waals surface area (Å²) in [5.74, 6) is 0.712. The Kier molecular flexibility index (Phi) is 1.34. The first-order valence-corrected chi connectivity index (χ1v) is 4.90. The molecular weight excluding hydrogens is 164 g/mol. The zero-order chi connectivity index (χ0) is 8.89. The molecule has 0 bridgehead atoms. The van der Waals surface area contributed by atoms with E-state index in [9.17, 15) is 4.79 Å². The number of hydrogen-bond donors (Lipinski definition) is 0. The fourth-order valence-corrected chi connectivity index (χ4v) is 2.72. The number of allylic oxidation sites excluding steroid dienone is 2. The number of carbonyl (C=O) groups is 1. The highest BCUT2D eigenvalue weighted by Gasteiger charge is 2.54. The molecule has 0 aromatic heterocycles. The van der Waals surface area contributed by atoms with Crippen molar-refractivity contribution in [1.29, 1.82) is 0 Å². The second-order valence-electron chi connectivity index (χ2n) is 4.12. The van der Waals surface area contributed by atoms with Crippen LogP contribution in [0.3, 0.4) is 0 Å². The van der Waals surface area contributed by atoms with Gasteiger partial charge in [-0.05, 0) is 37.1 Å². The van der Waals surface area contributed by atoms with E-state index < -0.39 is 0 Å². The van der Waals surface area contributed by atoms with E-state index in [1.165, 1.54) is 19.3 Å². The van der Waals surface area contributed by atoms with Crippen LogP contribution in [0, 0.1) is 5.92 Å². The summed E-state index contributed by atoms with van der Waals surface area (Å²) in [7, 11) is 0. The highest BCUT2D eigenvalue weighted by molar-refractivity contribution is 6.00. The minimum absolute atomic E-state index is 0.0793. The van der Waals surface area contributed by atoms with E-state index in [1.54, 1.807) is 12.2 Å². The number of fused-ring (bicyclic) bond motifs is 2. The largest absolute Gasteiger partial charge is 0.363 e. The van der Waals surface area contributed by atoms with Crippen LogP contribution in [0.2, 0.25) is 0 Å². The lowest BCUT2D eigenvalue weighted by Crippen LogP contribution is -2.55. The number of ketones is 1. The first-order chi connectivity index (χ1) is 6.30. The summed E-state index contributed by atoms with van der Waals surface area (Å²) in [4.78, 5) is 11.0. The summed E-state index contributed by atoms with van der Waals surface area (Å²) < 4.78 is 5.81. The van der Waals surface area contributed by atoms with Gasteiger partial charge >= 0.3 is 0 Å². The highest BCUT2D eigenvalue weighted by Crippen LogP contribution is 2.51. The smallest absolute Gasteiger partial charge is 0.178 e. The molecule has 2 fully saturated rings. The van der Waals surface area contributed by atoms with Crippen LogP contribution in [-0.4, -0.2) is 17.5 Å². The van der Waals surface area contributed by atoms with E-state index in [4.69, 9.17) is 4.74 Å². The molecule has 3 aliphatic rings. The summed E-state index contributed by atoms with van der Waals surface area (Å²) in [5.41, 5.74) is -0.199. The van der Waals surface area contributed by atoms with Gasteiger partial charge in [0, 0.05) is 5.92 Å². The first-order valence-electron chi connectivity index (χ1n) is 4.90. The van der Waals surface area contributed by atoms with Gasteiger partial charge in [0.15, 0.2) is 5.78 Å². The van der Waals surface area contributed by atoms with Crippen molar-refractivity contribution in [3.8, 4) is 0 Å². The first kappa shape index (κ1) is 7.51. The Morgan fingerprint density at radius 1 is 1.31 bits per heavy atom. The van der Waals surface area contributed by atoms with E-state index >= 15 is 0 Å². The Morgan fingerprint density at radius 3 is 2.77 bits per heavy atom. The van der Waals surface area contributed by atoms with Crippen molar-refractivity contribution in [3.63, 3.8) is 0 Å². The average Bonchev–Trinajstić information content (AvgIpc) is 2.50. The fourth-order valence-electron chi connectivity index (χ4n) is 2.72. The maximum Gasteiger partial charge on any atom is 0.178 e. The van der Waals surface area contributed by atoms with Gasteiger partial charge in [-0.1, -0.05) is 6.42 Å². The lowest BCUT2D eigenvalue weighted by Gasteiger charge is -2.49. The molecule has 2 atom stereocenters.